The van der Waals surface area contributed by atoms with Gasteiger partial charge < -0.3 is 9.84 Å². The number of benzene rings is 1. The molecule has 0 saturated heterocycles. The monoisotopic (exact) mass is 235 g/mol. The summed E-state index contributed by atoms with van der Waals surface area (Å²) < 4.78 is 18.0. The summed E-state index contributed by atoms with van der Waals surface area (Å²) in [6, 6.07) is 8.61. The van der Waals surface area contributed by atoms with E-state index in [4.69, 9.17) is 4.74 Å². The van der Waals surface area contributed by atoms with Crippen LogP contribution in [0.5, 0.6) is 11.6 Å². The average Bonchev–Trinajstić information content (AvgIpc) is 2.35. The normalized spacial score (nSPS) is 12.6. The maximum atomic E-state index is 12.5. The number of aromatic nitrogens is 1. The molecule has 0 aliphatic rings. The third-order valence-corrected chi connectivity index (χ3v) is 2.58. The summed E-state index contributed by atoms with van der Waals surface area (Å²) >= 11 is 0. The standard InChI is InChI=1S/C13H14FNO2/c1-2-10(8-14)17-11-5-3-9-4-6-13(16)15-12(9)7-11/h3-7,10H,2,8H2,1H3,(H,15,16). The molecular weight excluding hydrogens is 221 g/mol. The van der Waals surface area contributed by atoms with Gasteiger partial charge in [-0.2, -0.15) is 0 Å². The minimum Gasteiger partial charge on any atom is -0.493 e. The van der Waals surface area contributed by atoms with E-state index in [9.17, 15) is 9.50 Å². The largest absolute Gasteiger partial charge is 0.493 e. The predicted octanol–water partition coefficient (Wildman–Crippen LogP) is 3.07. The van der Waals surface area contributed by atoms with E-state index in [1.54, 1.807) is 18.2 Å². The molecule has 90 valence electrons. The summed E-state index contributed by atoms with van der Waals surface area (Å²) in [5, 5.41) is 10.2. The van der Waals surface area contributed by atoms with Crippen LogP contribution >= 0.6 is 0 Å². The smallest absolute Gasteiger partial charge is 0.211 e. The molecular formula is C13H14FNO2. The molecule has 4 heteroatoms. The van der Waals surface area contributed by atoms with Crippen molar-refractivity contribution in [2.75, 3.05) is 6.67 Å². The Morgan fingerprint density at radius 1 is 1.35 bits per heavy atom. The number of halogens is 1. The first kappa shape index (κ1) is 11.6. The molecule has 0 bridgehead atoms. The molecule has 1 N–H and O–H groups in total. The Bertz CT molecular complexity index is 512. The van der Waals surface area contributed by atoms with Gasteiger partial charge in [-0.1, -0.05) is 6.92 Å². The van der Waals surface area contributed by atoms with Crippen molar-refractivity contribution in [3.63, 3.8) is 0 Å². The van der Waals surface area contributed by atoms with Crippen molar-refractivity contribution in [1.82, 2.24) is 4.98 Å². The highest BCUT2D eigenvalue weighted by molar-refractivity contribution is 5.80. The fourth-order valence-electron chi connectivity index (χ4n) is 1.58. The number of hydrogen-bond acceptors (Lipinski definition) is 3. The number of rotatable bonds is 4. The zero-order valence-corrected chi connectivity index (χ0v) is 9.56. The van der Waals surface area contributed by atoms with Crippen molar-refractivity contribution in [1.29, 1.82) is 0 Å². The van der Waals surface area contributed by atoms with Crippen molar-refractivity contribution in [2.24, 2.45) is 0 Å². The lowest BCUT2D eigenvalue weighted by Gasteiger charge is -2.14. The lowest BCUT2D eigenvalue weighted by atomic mass is 10.2. The first-order valence-corrected chi connectivity index (χ1v) is 5.55. The van der Waals surface area contributed by atoms with Gasteiger partial charge in [0.15, 0.2) is 0 Å². The van der Waals surface area contributed by atoms with E-state index in [1.807, 2.05) is 13.0 Å². The van der Waals surface area contributed by atoms with Gasteiger partial charge in [0.1, 0.15) is 18.5 Å². The van der Waals surface area contributed by atoms with Crippen LogP contribution in [0.15, 0.2) is 30.3 Å². The molecule has 1 heterocycles. The Morgan fingerprint density at radius 2 is 2.12 bits per heavy atom. The molecule has 0 saturated carbocycles. The fraction of sp³-hybridized carbons (Fsp3) is 0.308. The molecule has 1 atom stereocenters. The molecule has 0 spiro atoms. The maximum Gasteiger partial charge on any atom is 0.211 e. The van der Waals surface area contributed by atoms with Crippen LogP contribution in [0.25, 0.3) is 10.9 Å². The molecule has 0 aliphatic heterocycles. The molecule has 0 amide bonds. The van der Waals surface area contributed by atoms with Crippen LogP contribution < -0.4 is 4.74 Å². The molecule has 0 radical (unpaired) electrons. The number of nitrogens with zero attached hydrogens (tertiary/aromatic N) is 1. The third-order valence-electron chi connectivity index (χ3n) is 2.58. The molecule has 0 aliphatic carbocycles. The second kappa shape index (κ2) is 4.99. The van der Waals surface area contributed by atoms with Crippen LogP contribution in [0, 0.1) is 0 Å². The molecule has 1 aromatic heterocycles. The number of fused-ring (bicyclic) bond motifs is 1. The Morgan fingerprint density at radius 3 is 2.82 bits per heavy atom. The number of hydrogen-bond donors (Lipinski definition) is 1. The molecule has 17 heavy (non-hydrogen) atoms. The summed E-state index contributed by atoms with van der Waals surface area (Å²) in [4.78, 5) is 3.98. The predicted molar refractivity (Wildman–Crippen MR) is 64.1 cm³/mol. The molecule has 3 nitrogen and oxygen atoms in total. The van der Waals surface area contributed by atoms with Gasteiger partial charge in [-0.25, -0.2) is 9.37 Å². The Balaban J connectivity index is 2.30. The van der Waals surface area contributed by atoms with E-state index in [2.05, 4.69) is 4.98 Å². The van der Waals surface area contributed by atoms with Gasteiger partial charge in [0.2, 0.25) is 5.88 Å². The van der Waals surface area contributed by atoms with Gasteiger partial charge in [-0.15, -0.1) is 0 Å². The SMILES string of the molecule is CCC(CF)Oc1ccc2ccc(O)nc2c1. The molecule has 1 aromatic carbocycles. The summed E-state index contributed by atoms with van der Waals surface area (Å²) in [5.41, 5.74) is 0.635. The van der Waals surface area contributed by atoms with Crippen LogP contribution in [0.4, 0.5) is 4.39 Å². The van der Waals surface area contributed by atoms with Gasteiger partial charge >= 0.3 is 0 Å². The van der Waals surface area contributed by atoms with Crippen LogP contribution in [0.1, 0.15) is 13.3 Å². The second-order valence-corrected chi connectivity index (χ2v) is 3.83. The van der Waals surface area contributed by atoms with E-state index in [0.717, 1.165) is 5.39 Å². The van der Waals surface area contributed by atoms with E-state index < -0.39 is 12.8 Å². The summed E-state index contributed by atoms with van der Waals surface area (Å²) in [6.45, 7) is 1.36. The van der Waals surface area contributed by atoms with Gasteiger partial charge in [-0.05, 0) is 24.6 Å². The first-order chi connectivity index (χ1) is 8.22. The Labute approximate surface area is 98.9 Å². The minimum absolute atomic E-state index is 0.0350. The van der Waals surface area contributed by atoms with Gasteiger partial charge in [-0.3, -0.25) is 0 Å². The number of ether oxygens (including phenoxy) is 1. The second-order valence-electron chi connectivity index (χ2n) is 3.83. The van der Waals surface area contributed by atoms with Crippen molar-refractivity contribution >= 4 is 10.9 Å². The van der Waals surface area contributed by atoms with Crippen LogP contribution in [-0.4, -0.2) is 22.9 Å². The van der Waals surface area contributed by atoms with Crippen molar-refractivity contribution in [3.8, 4) is 11.6 Å². The fourth-order valence-corrected chi connectivity index (χ4v) is 1.58. The summed E-state index contributed by atoms with van der Waals surface area (Å²) in [5.74, 6) is 0.535. The third kappa shape index (κ3) is 2.64. The Kier molecular flexibility index (Phi) is 3.42. The van der Waals surface area contributed by atoms with Crippen molar-refractivity contribution in [3.05, 3.63) is 30.3 Å². The highest BCUT2D eigenvalue weighted by atomic mass is 19.1. The molecule has 2 aromatic rings. The van der Waals surface area contributed by atoms with Crippen LogP contribution in [0.3, 0.4) is 0 Å². The maximum absolute atomic E-state index is 12.5. The lowest BCUT2D eigenvalue weighted by Crippen LogP contribution is -2.17. The molecule has 2 rings (SSSR count). The van der Waals surface area contributed by atoms with Gasteiger partial charge in [0, 0.05) is 17.5 Å². The summed E-state index contributed by atoms with van der Waals surface area (Å²) in [6.07, 6.45) is 0.187. The van der Waals surface area contributed by atoms with Crippen LogP contribution in [-0.2, 0) is 0 Å². The quantitative estimate of drug-likeness (QED) is 0.885. The van der Waals surface area contributed by atoms with E-state index >= 15 is 0 Å². The van der Waals surface area contributed by atoms with Gasteiger partial charge in [0.25, 0.3) is 0 Å². The molecule has 0 fully saturated rings. The topological polar surface area (TPSA) is 42.4 Å². The highest BCUT2D eigenvalue weighted by Crippen LogP contribution is 2.22. The lowest BCUT2D eigenvalue weighted by molar-refractivity contribution is 0.160. The van der Waals surface area contributed by atoms with E-state index in [1.165, 1.54) is 6.07 Å². The van der Waals surface area contributed by atoms with Crippen LogP contribution in [0.2, 0.25) is 0 Å². The van der Waals surface area contributed by atoms with Crippen molar-refractivity contribution in [2.45, 2.75) is 19.4 Å². The van der Waals surface area contributed by atoms with Gasteiger partial charge in [0.05, 0.1) is 5.52 Å². The van der Waals surface area contributed by atoms with E-state index in [0.29, 0.717) is 17.7 Å². The average molecular weight is 235 g/mol. The number of aromatic hydroxyl groups is 1. The number of pyridine rings is 1. The Hall–Kier alpha value is -1.84. The van der Waals surface area contributed by atoms with Crippen molar-refractivity contribution < 1.29 is 14.2 Å². The highest BCUT2D eigenvalue weighted by Gasteiger charge is 2.08. The first-order valence-electron chi connectivity index (χ1n) is 5.55. The van der Waals surface area contributed by atoms with E-state index in [-0.39, 0.29) is 5.88 Å². The number of alkyl halides is 1. The zero-order valence-electron chi connectivity index (χ0n) is 9.56. The summed E-state index contributed by atoms with van der Waals surface area (Å²) in [7, 11) is 0. The molecule has 1 unspecified atom stereocenters. The minimum atomic E-state index is -0.512. The zero-order chi connectivity index (χ0) is 12.3.